The molecule has 130 valence electrons. The second-order valence-electron chi connectivity index (χ2n) is 6.22. The fourth-order valence-corrected chi connectivity index (χ4v) is 3.47. The van der Waals surface area contributed by atoms with Gasteiger partial charge < -0.3 is 5.32 Å². The van der Waals surface area contributed by atoms with E-state index in [1.165, 1.54) is 12.1 Å². The van der Waals surface area contributed by atoms with Crippen LogP contribution in [-0.2, 0) is 0 Å². The molecule has 3 aromatic rings. The Morgan fingerprint density at radius 3 is 2.54 bits per heavy atom. The fraction of sp³-hybridized carbons (Fsp3) is 0.0952. The van der Waals surface area contributed by atoms with Gasteiger partial charge in [-0.3, -0.25) is 9.69 Å². The number of carbonyl (C=O) groups is 1. The number of hydrogen-bond donors (Lipinski definition) is 1. The molecule has 0 aliphatic carbocycles. The second-order valence-corrected chi connectivity index (χ2v) is 6.63. The van der Waals surface area contributed by atoms with E-state index in [1.807, 2.05) is 55.5 Å². The van der Waals surface area contributed by atoms with Crippen molar-refractivity contribution >= 4 is 28.9 Å². The molecule has 0 bridgehead atoms. The number of hydrogen-bond acceptors (Lipinski definition) is 2. The summed E-state index contributed by atoms with van der Waals surface area (Å²) in [5, 5.41) is 3.36. The first kappa shape index (κ1) is 16.6. The maximum absolute atomic E-state index is 13.5. The number of halogens is 2. The highest BCUT2D eigenvalue weighted by Crippen LogP contribution is 2.39. The maximum Gasteiger partial charge on any atom is 0.260 e. The molecule has 26 heavy (non-hydrogen) atoms. The van der Waals surface area contributed by atoms with Crippen molar-refractivity contribution in [3.8, 4) is 0 Å². The molecule has 5 heteroatoms. The van der Waals surface area contributed by atoms with Crippen LogP contribution in [0.25, 0.3) is 0 Å². The van der Waals surface area contributed by atoms with Gasteiger partial charge in [0.1, 0.15) is 12.0 Å². The van der Waals surface area contributed by atoms with Gasteiger partial charge >= 0.3 is 0 Å². The monoisotopic (exact) mass is 366 g/mol. The van der Waals surface area contributed by atoms with Gasteiger partial charge in [0.25, 0.3) is 5.91 Å². The predicted octanol–water partition coefficient (Wildman–Crippen LogP) is 5.56. The van der Waals surface area contributed by atoms with Crippen LogP contribution in [0.5, 0.6) is 0 Å². The summed E-state index contributed by atoms with van der Waals surface area (Å²) in [7, 11) is 0. The lowest BCUT2D eigenvalue weighted by Gasteiger charge is -2.28. The third-order valence-electron chi connectivity index (χ3n) is 4.56. The van der Waals surface area contributed by atoms with Crippen LogP contribution >= 0.6 is 11.6 Å². The van der Waals surface area contributed by atoms with E-state index in [0.29, 0.717) is 11.3 Å². The van der Waals surface area contributed by atoms with E-state index in [4.69, 9.17) is 11.6 Å². The number of benzene rings is 3. The number of nitrogens with one attached hydrogen (secondary N) is 1. The van der Waals surface area contributed by atoms with Gasteiger partial charge in [-0.05, 0) is 42.8 Å². The van der Waals surface area contributed by atoms with E-state index in [-0.39, 0.29) is 10.9 Å². The van der Waals surface area contributed by atoms with Crippen LogP contribution in [0.1, 0.15) is 27.7 Å². The summed E-state index contributed by atoms with van der Waals surface area (Å²) in [5.74, 6) is -0.545. The zero-order valence-corrected chi connectivity index (χ0v) is 14.8. The van der Waals surface area contributed by atoms with Crippen molar-refractivity contribution in [1.29, 1.82) is 0 Å². The van der Waals surface area contributed by atoms with Crippen molar-refractivity contribution in [2.75, 3.05) is 10.2 Å². The van der Waals surface area contributed by atoms with Crippen molar-refractivity contribution < 1.29 is 9.18 Å². The number of nitrogens with zero attached hydrogens (tertiary/aromatic N) is 1. The number of rotatable bonds is 3. The van der Waals surface area contributed by atoms with E-state index < -0.39 is 12.0 Å². The van der Waals surface area contributed by atoms with Gasteiger partial charge in [0.05, 0.1) is 5.02 Å². The van der Waals surface area contributed by atoms with Crippen molar-refractivity contribution in [2.24, 2.45) is 0 Å². The van der Waals surface area contributed by atoms with E-state index in [2.05, 4.69) is 5.32 Å². The fourth-order valence-electron chi connectivity index (χ4n) is 3.28. The first-order valence-electron chi connectivity index (χ1n) is 8.26. The molecule has 4 rings (SSSR count). The van der Waals surface area contributed by atoms with Crippen LogP contribution in [0.3, 0.4) is 0 Å². The van der Waals surface area contributed by atoms with Gasteiger partial charge in [-0.25, -0.2) is 4.39 Å². The largest absolute Gasteiger partial charge is 0.361 e. The number of para-hydroxylation sites is 1. The average Bonchev–Trinajstić information content (AvgIpc) is 2.91. The lowest BCUT2D eigenvalue weighted by molar-refractivity contribution is 0.0993. The highest BCUT2D eigenvalue weighted by molar-refractivity contribution is 6.31. The van der Waals surface area contributed by atoms with Gasteiger partial charge in [0.2, 0.25) is 0 Å². The SMILES string of the molecule is Cc1ccccc1N1C(=O)c2ccccc2[C@@H]1Nc1ccc(F)c(Cl)c1. The van der Waals surface area contributed by atoms with Crippen molar-refractivity contribution in [3.63, 3.8) is 0 Å². The first-order valence-corrected chi connectivity index (χ1v) is 8.64. The predicted molar refractivity (Wildman–Crippen MR) is 102 cm³/mol. The molecule has 0 saturated carbocycles. The van der Waals surface area contributed by atoms with Crippen LogP contribution in [0.2, 0.25) is 5.02 Å². The van der Waals surface area contributed by atoms with Crippen LogP contribution in [0, 0.1) is 12.7 Å². The van der Waals surface area contributed by atoms with E-state index in [1.54, 1.807) is 11.0 Å². The Morgan fingerprint density at radius 2 is 1.77 bits per heavy atom. The van der Waals surface area contributed by atoms with E-state index in [9.17, 15) is 9.18 Å². The summed E-state index contributed by atoms with van der Waals surface area (Å²) in [6.07, 6.45) is -0.402. The second kappa shape index (κ2) is 6.46. The Balaban J connectivity index is 1.81. The summed E-state index contributed by atoms with van der Waals surface area (Å²) >= 11 is 5.91. The number of fused-ring (bicyclic) bond motifs is 1. The highest BCUT2D eigenvalue weighted by Gasteiger charge is 2.38. The van der Waals surface area contributed by atoms with Crippen LogP contribution < -0.4 is 10.2 Å². The number of aryl methyl sites for hydroxylation is 1. The van der Waals surface area contributed by atoms with E-state index in [0.717, 1.165) is 16.8 Å². The minimum absolute atomic E-state index is 0.0371. The first-order chi connectivity index (χ1) is 12.6. The normalized spacial score (nSPS) is 15.9. The zero-order valence-electron chi connectivity index (χ0n) is 14.0. The molecule has 0 radical (unpaired) electrons. The maximum atomic E-state index is 13.5. The molecule has 0 unspecified atom stereocenters. The number of amides is 1. The molecule has 3 aromatic carbocycles. The van der Waals surface area contributed by atoms with Crippen LogP contribution in [0.4, 0.5) is 15.8 Å². The summed E-state index contributed by atoms with van der Waals surface area (Å²) in [5.41, 5.74) is 4.00. The molecule has 3 nitrogen and oxygen atoms in total. The Hall–Kier alpha value is -2.85. The van der Waals surface area contributed by atoms with Crippen LogP contribution in [-0.4, -0.2) is 5.91 Å². The standard InChI is InChI=1S/C21H16ClFN2O/c1-13-6-2-5-9-19(13)25-20(15-7-3-4-8-16(15)21(25)26)24-14-10-11-18(23)17(22)12-14/h2-12,20,24H,1H3/t20-/m1/s1. The van der Waals surface area contributed by atoms with Gasteiger partial charge in [-0.15, -0.1) is 0 Å². The molecule has 1 heterocycles. The Bertz CT molecular complexity index is 1000. The van der Waals surface area contributed by atoms with Crippen molar-refractivity contribution in [3.05, 3.63) is 94.3 Å². The smallest absolute Gasteiger partial charge is 0.260 e. The minimum Gasteiger partial charge on any atom is -0.361 e. The number of carbonyl (C=O) groups excluding carboxylic acids is 1. The highest BCUT2D eigenvalue weighted by atomic mass is 35.5. The molecular formula is C21H16ClFN2O. The molecule has 0 aromatic heterocycles. The summed E-state index contributed by atoms with van der Waals surface area (Å²) in [6.45, 7) is 1.97. The number of anilines is 2. The lowest BCUT2D eigenvalue weighted by atomic mass is 10.1. The zero-order chi connectivity index (χ0) is 18.3. The quantitative estimate of drug-likeness (QED) is 0.658. The average molecular weight is 367 g/mol. The molecule has 1 N–H and O–H groups in total. The lowest BCUT2D eigenvalue weighted by Crippen LogP contribution is -2.32. The molecule has 1 amide bonds. The topological polar surface area (TPSA) is 32.3 Å². The molecule has 0 fully saturated rings. The molecule has 1 atom stereocenters. The summed E-state index contributed by atoms with van der Waals surface area (Å²) in [4.78, 5) is 14.8. The van der Waals surface area contributed by atoms with Gasteiger partial charge in [-0.1, -0.05) is 48.0 Å². The van der Waals surface area contributed by atoms with Crippen LogP contribution in [0.15, 0.2) is 66.7 Å². The Labute approximate surface area is 156 Å². The summed E-state index contributed by atoms with van der Waals surface area (Å²) < 4.78 is 13.5. The molecular weight excluding hydrogens is 351 g/mol. The Morgan fingerprint density at radius 1 is 1.04 bits per heavy atom. The van der Waals surface area contributed by atoms with Gasteiger partial charge in [-0.2, -0.15) is 0 Å². The third kappa shape index (κ3) is 2.72. The minimum atomic E-state index is -0.476. The van der Waals surface area contributed by atoms with Gasteiger partial charge in [0, 0.05) is 22.5 Å². The molecule has 1 aliphatic rings. The van der Waals surface area contributed by atoms with Crippen molar-refractivity contribution in [1.82, 2.24) is 0 Å². The molecule has 1 aliphatic heterocycles. The third-order valence-corrected chi connectivity index (χ3v) is 4.85. The van der Waals surface area contributed by atoms with Gasteiger partial charge in [0.15, 0.2) is 0 Å². The molecule has 0 spiro atoms. The molecule has 0 saturated heterocycles. The summed E-state index contributed by atoms with van der Waals surface area (Å²) in [6, 6.07) is 19.7. The van der Waals surface area contributed by atoms with E-state index >= 15 is 0 Å². The van der Waals surface area contributed by atoms with Crippen molar-refractivity contribution in [2.45, 2.75) is 13.1 Å². The Kier molecular flexibility index (Phi) is 4.13.